The molecule has 0 unspecified atom stereocenters. The van der Waals surface area contributed by atoms with Crippen molar-refractivity contribution in [2.24, 2.45) is 0 Å². The molecule has 0 fully saturated rings. The van der Waals surface area contributed by atoms with E-state index in [1.54, 1.807) is 24.3 Å². The Morgan fingerprint density at radius 1 is 0.882 bits per heavy atom. The van der Waals surface area contributed by atoms with Gasteiger partial charge in [0.2, 0.25) is 0 Å². The number of carbonyl (C=O) groups excluding carboxylic acids is 3. The van der Waals surface area contributed by atoms with Gasteiger partial charge in [0, 0.05) is 12.2 Å². The molecule has 3 aromatic rings. The zero-order chi connectivity index (χ0) is 23.7. The van der Waals surface area contributed by atoms with Crippen molar-refractivity contribution < 1.29 is 19.1 Å². The van der Waals surface area contributed by atoms with Crippen molar-refractivity contribution in [3.05, 3.63) is 101 Å². The van der Waals surface area contributed by atoms with Crippen LogP contribution in [-0.2, 0) is 20.7 Å². The Labute approximate surface area is 198 Å². The van der Waals surface area contributed by atoms with Crippen molar-refractivity contribution >= 4 is 34.7 Å². The Bertz CT molecular complexity index is 1300. The van der Waals surface area contributed by atoms with E-state index >= 15 is 0 Å². The highest BCUT2D eigenvalue weighted by molar-refractivity contribution is 6.46. The van der Waals surface area contributed by atoms with Crippen LogP contribution in [-0.4, -0.2) is 30.9 Å². The molecule has 0 saturated carbocycles. The number of carbonyl (C=O) groups is 3. The lowest BCUT2D eigenvalue weighted by molar-refractivity contribution is -0.120. The van der Waals surface area contributed by atoms with Crippen LogP contribution in [0, 0.1) is 0 Å². The van der Waals surface area contributed by atoms with E-state index in [1.165, 1.54) is 4.90 Å². The van der Waals surface area contributed by atoms with Crippen LogP contribution in [0.15, 0.2) is 84.6 Å². The quantitative estimate of drug-likeness (QED) is 0.404. The van der Waals surface area contributed by atoms with Gasteiger partial charge in [-0.3, -0.25) is 9.59 Å². The number of ether oxygens (including phenoxy) is 1. The molecule has 0 bridgehead atoms. The summed E-state index contributed by atoms with van der Waals surface area (Å²) in [6.45, 7) is 2.89. The molecule has 5 rings (SSSR count). The van der Waals surface area contributed by atoms with E-state index in [2.05, 4.69) is 0 Å². The van der Waals surface area contributed by atoms with E-state index in [9.17, 15) is 14.4 Å². The predicted molar refractivity (Wildman–Crippen MR) is 130 cm³/mol. The molecular formula is C28H24N2O4. The highest BCUT2D eigenvalue weighted by atomic mass is 16.5. The molecule has 3 aromatic carbocycles. The average molecular weight is 453 g/mol. The van der Waals surface area contributed by atoms with Crippen LogP contribution in [0.2, 0.25) is 0 Å². The topological polar surface area (TPSA) is 66.9 Å². The number of rotatable bonds is 6. The van der Waals surface area contributed by atoms with Gasteiger partial charge in [-0.15, -0.1) is 0 Å². The zero-order valence-electron chi connectivity index (χ0n) is 18.9. The fourth-order valence-electron chi connectivity index (χ4n) is 4.46. The molecule has 0 N–H and O–H groups in total. The molecule has 2 aliphatic rings. The minimum Gasteiger partial charge on any atom is -0.462 e. The van der Waals surface area contributed by atoms with Crippen molar-refractivity contribution in [1.29, 1.82) is 0 Å². The summed E-state index contributed by atoms with van der Waals surface area (Å²) < 4.78 is 5.18. The van der Waals surface area contributed by atoms with E-state index < -0.39 is 5.97 Å². The van der Waals surface area contributed by atoms with Gasteiger partial charge in [-0.1, -0.05) is 55.5 Å². The van der Waals surface area contributed by atoms with Crippen molar-refractivity contribution in [1.82, 2.24) is 0 Å². The van der Waals surface area contributed by atoms with E-state index in [0.717, 1.165) is 24.1 Å². The normalized spacial score (nSPS) is 15.2. The SMILES string of the molecule is CCCOC(=O)c1ccc(N2C(=O)C(c3ccccc3)=C(N3CCc4ccccc43)C2=O)cc1. The van der Waals surface area contributed by atoms with Gasteiger partial charge in [0.25, 0.3) is 11.8 Å². The Morgan fingerprint density at radius 3 is 2.32 bits per heavy atom. The summed E-state index contributed by atoms with van der Waals surface area (Å²) in [7, 11) is 0. The molecule has 0 aromatic heterocycles. The second kappa shape index (κ2) is 8.98. The van der Waals surface area contributed by atoms with Crippen LogP contribution >= 0.6 is 0 Å². The summed E-state index contributed by atoms with van der Waals surface area (Å²) in [5, 5.41) is 0. The molecule has 0 radical (unpaired) electrons. The molecule has 0 saturated heterocycles. The lowest BCUT2D eigenvalue weighted by atomic mass is 10.0. The van der Waals surface area contributed by atoms with Crippen LogP contribution in [0.4, 0.5) is 11.4 Å². The zero-order valence-corrected chi connectivity index (χ0v) is 18.9. The Morgan fingerprint density at radius 2 is 1.59 bits per heavy atom. The van der Waals surface area contributed by atoms with Gasteiger partial charge >= 0.3 is 5.97 Å². The number of imide groups is 1. The van der Waals surface area contributed by atoms with Crippen LogP contribution < -0.4 is 9.80 Å². The van der Waals surface area contributed by atoms with Crippen molar-refractivity contribution in [3.8, 4) is 0 Å². The number of benzene rings is 3. The molecule has 34 heavy (non-hydrogen) atoms. The average Bonchev–Trinajstić information content (AvgIpc) is 3.41. The number of anilines is 2. The van der Waals surface area contributed by atoms with Crippen LogP contribution in [0.3, 0.4) is 0 Å². The maximum Gasteiger partial charge on any atom is 0.338 e. The first-order valence-corrected chi connectivity index (χ1v) is 11.4. The second-order valence-corrected chi connectivity index (χ2v) is 8.25. The number of hydrogen-bond donors (Lipinski definition) is 0. The van der Waals surface area contributed by atoms with E-state index in [-0.39, 0.29) is 11.8 Å². The third-order valence-electron chi connectivity index (χ3n) is 6.08. The maximum absolute atomic E-state index is 13.8. The molecule has 6 heteroatoms. The number of hydrogen-bond acceptors (Lipinski definition) is 5. The number of amides is 2. The minimum atomic E-state index is -0.426. The van der Waals surface area contributed by atoms with E-state index in [1.807, 2.05) is 66.4 Å². The smallest absolute Gasteiger partial charge is 0.338 e. The van der Waals surface area contributed by atoms with Gasteiger partial charge in [0.1, 0.15) is 5.70 Å². The minimum absolute atomic E-state index is 0.342. The fraction of sp³-hybridized carbons (Fsp3) is 0.179. The molecule has 2 aliphatic heterocycles. The fourth-order valence-corrected chi connectivity index (χ4v) is 4.46. The predicted octanol–water partition coefficient (Wildman–Crippen LogP) is 4.60. The summed E-state index contributed by atoms with van der Waals surface area (Å²) in [6, 6.07) is 23.6. The molecule has 2 amide bonds. The van der Waals surface area contributed by atoms with Crippen LogP contribution in [0.25, 0.3) is 5.57 Å². The third kappa shape index (κ3) is 3.67. The van der Waals surface area contributed by atoms with Gasteiger partial charge in [-0.25, -0.2) is 9.69 Å². The van der Waals surface area contributed by atoms with Gasteiger partial charge in [-0.2, -0.15) is 0 Å². The number of nitrogens with zero attached hydrogens (tertiary/aromatic N) is 2. The summed E-state index contributed by atoms with van der Waals surface area (Å²) in [5.74, 6) is -1.18. The molecule has 0 aliphatic carbocycles. The summed E-state index contributed by atoms with van der Waals surface area (Å²) in [5.41, 5.74) is 4.35. The maximum atomic E-state index is 13.8. The molecule has 2 heterocycles. The first-order chi connectivity index (χ1) is 16.6. The summed E-state index contributed by atoms with van der Waals surface area (Å²) in [4.78, 5) is 42.8. The van der Waals surface area contributed by atoms with Crippen molar-refractivity contribution in [2.75, 3.05) is 23.0 Å². The second-order valence-electron chi connectivity index (χ2n) is 8.25. The van der Waals surface area contributed by atoms with Gasteiger partial charge in [0.15, 0.2) is 0 Å². The Balaban J connectivity index is 1.54. The first-order valence-electron chi connectivity index (χ1n) is 11.4. The van der Waals surface area contributed by atoms with Crippen LogP contribution in [0.1, 0.15) is 34.8 Å². The standard InChI is InChI=1S/C28H24N2O4/c1-2-18-34-28(33)21-12-14-22(15-13-21)30-26(31)24(20-9-4-3-5-10-20)25(27(30)32)29-17-16-19-8-6-7-11-23(19)29/h3-15H,2,16-18H2,1H3. The molecule has 0 spiro atoms. The highest BCUT2D eigenvalue weighted by Crippen LogP contribution is 2.40. The monoisotopic (exact) mass is 452 g/mol. The molecule has 0 atom stereocenters. The Kier molecular flexibility index (Phi) is 5.72. The van der Waals surface area contributed by atoms with Gasteiger partial charge in [0.05, 0.1) is 23.4 Å². The van der Waals surface area contributed by atoms with Gasteiger partial charge in [-0.05, 0) is 54.3 Å². The molecular weight excluding hydrogens is 428 g/mol. The number of para-hydroxylation sites is 1. The van der Waals surface area contributed by atoms with Crippen LogP contribution in [0.5, 0.6) is 0 Å². The summed E-state index contributed by atoms with van der Waals surface area (Å²) in [6.07, 6.45) is 1.54. The Hall–Kier alpha value is -4.19. The third-order valence-corrected chi connectivity index (χ3v) is 6.08. The number of esters is 1. The first kappa shape index (κ1) is 21.6. The lowest BCUT2D eigenvalue weighted by Gasteiger charge is -2.22. The summed E-state index contributed by atoms with van der Waals surface area (Å²) >= 11 is 0. The van der Waals surface area contributed by atoms with E-state index in [0.29, 0.717) is 41.2 Å². The number of fused-ring (bicyclic) bond motifs is 1. The van der Waals surface area contributed by atoms with Crippen molar-refractivity contribution in [3.63, 3.8) is 0 Å². The van der Waals surface area contributed by atoms with Crippen molar-refractivity contribution in [2.45, 2.75) is 19.8 Å². The molecule has 6 nitrogen and oxygen atoms in total. The van der Waals surface area contributed by atoms with Gasteiger partial charge < -0.3 is 9.64 Å². The highest BCUT2D eigenvalue weighted by Gasteiger charge is 2.44. The van der Waals surface area contributed by atoms with E-state index in [4.69, 9.17) is 4.74 Å². The largest absolute Gasteiger partial charge is 0.462 e. The molecule has 170 valence electrons. The lowest BCUT2D eigenvalue weighted by Crippen LogP contribution is -2.34.